The van der Waals surface area contributed by atoms with Crippen molar-refractivity contribution in [2.24, 2.45) is 7.05 Å². The van der Waals surface area contributed by atoms with Crippen LogP contribution in [0.4, 0.5) is 13.2 Å². The van der Waals surface area contributed by atoms with Crippen LogP contribution < -0.4 is 0 Å². The Morgan fingerprint density at radius 2 is 1.84 bits per heavy atom. The Balaban J connectivity index is 1.74. The summed E-state index contributed by atoms with van der Waals surface area (Å²) < 4.78 is 44.4. The van der Waals surface area contributed by atoms with E-state index >= 15 is 0 Å². The molecule has 166 valence electrons. The first-order valence-electron chi connectivity index (χ1n) is 9.51. The average Bonchev–Trinajstić information content (AvgIpc) is 3.28. The van der Waals surface area contributed by atoms with Crippen molar-refractivity contribution in [3.05, 3.63) is 69.7 Å². The van der Waals surface area contributed by atoms with E-state index in [0.29, 0.717) is 10.1 Å². The standard InChI is InChI=1S/C21H18BrF3N6O/c1-12-14(11-30(3)27-12)10-29(2)20(32)17-9-19-26-16(13-4-6-15(22)7-5-13)8-18(21(23,24)25)31(19)28-17/h4-9,11H,10H2,1-3H3. The van der Waals surface area contributed by atoms with Crippen molar-refractivity contribution in [2.45, 2.75) is 19.6 Å². The van der Waals surface area contributed by atoms with Gasteiger partial charge in [-0.3, -0.25) is 9.48 Å². The van der Waals surface area contributed by atoms with Crippen molar-refractivity contribution in [1.29, 1.82) is 0 Å². The van der Waals surface area contributed by atoms with E-state index < -0.39 is 17.8 Å². The van der Waals surface area contributed by atoms with Gasteiger partial charge in [0.2, 0.25) is 0 Å². The molecule has 32 heavy (non-hydrogen) atoms. The van der Waals surface area contributed by atoms with Gasteiger partial charge in [-0.1, -0.05) is 28.1 Å². The second-order valence-corrected chi connectivity index (χ2v) is 8.32. The predicted octanol–water partition coefficient (Wildman–Crippen LogP) is 4.49. The highest BCUT2D eigenvalue weighted by molar-refractivity contribution is 9.10. The fourth-order valence-corrected chi connectivity index (χ4v) is 3.64. The summed E-state index contributed by atoms with van der Waals surface area (Å²) in [5, 5.41) is 8.17. The molecule has 0 aliphatic rings. The van der Waals surface area contributed by atoms with Crippen LogP contribution in [0.5, 0.6) is 0 Å². The largest absolute Gasteiger partial charge is 0.433 e. The zero-order chi connectivity index (χ0) is 23.2. The number of fused-ring (bicyclic) bond motifs is 1. The molecular formula is C21H18BrF3N6O. The smallest absolute Gasteiger partial charge is 0.336 e. The SMILES string of the molecule is Cc1nn(C)cc1CN(C)C(=O)c1cc2nc(-c3ccc(Br)cc3)cc(C(F)(F)F)n2n1. The molecule has 0 saturated heterocycles. The maximum Gasteiger partial charge on any atom is 0.433 e. The van der Waals surface area contributed by atoms with Gasteiger partial charge in [-0.05, 0) is 25.1 Å². The Kier molecular flexibility index (Phi) is 5.53. The number of carbonyl (C=O) groups is 1. The number of aromatic nitrogens is 5. The molecule has 0 aliphatic carbocycles. The lowest BCUT2D eigenvalue weighted by Crippen LogP contribution is -2.27. The summed E-state index contributed by atoms with van der Waals surface area (Å²) in [7, 11) is 3.33. The monoisotopic (exact) mass is 506 g/mol. The van der Waals surface area contributed by atoms with Gasteiger partial charge in [0.25, 0.3) is 5.91 Å². The highest BCUT2D eigenvalue weighted by Gasteiger charge is 2.36. The Morgan fingerprint density at radius 3 is 2.44 bits per heavy atom. The van der Waals surface area contributed by atoms with Crippen molar-refractivity contribution in [2.75, 3.05) is 7.05 Å². The van der Waals surface area contributed by atoms with Crippen LogP contribution in [0.3, 0.4) is 0 Å². The number of rotatable bonds is 4. The van der Waals surface area contributed by atoms with Crippen LogP contribution in [0.2, 0.25) is 0 Å². The van der Waals surface area contributed by atoms with E-state index in [-0.39, 0.29) is 23.6 Å². The van der Waals surface area contributed by atoms with Crippen LogP contribution in [-0.2, 0) is 19.8 Å². The van der Waals surface area contributed by atoms with E-state index in [1.807, 2.05) is 6.92 Å². The first-order valence-corrected chi connectivity index (χ1v) is 10.3. The van der Waals surface area contributed by atoms with Crippen LogP contribution in [0.15, 0.2) is 47.1 Å². The topological polar surface area (TPSA) is 68.3 Å². The van der Waals surface area contributed by atoms with Crippen molar-refractivity contribution in [1.82, 2.24) is 29.3 Å². The number of amides is 1. The number of hydrogen-bond acceptors (Lipinski definition) is 4. The second kappa shape index (κ2) is 8.05. The summed E-state index contributed by atoms with van der Waals surface area (Å²) in [4.78, 5) is 18.6. The van der Waals surface area contributed by atoms with Crippen LogP contribution >= 0.6 is 15.9 Å². The molecule has 0 saturated carbocycles. The highest BCUT2D eigenvalue weighted by atomic mass is 79.9. The van der Waals surface area contributed by atoms with Gasteiger partial charge in [0, 0.05) is 48.5 Å². The van der Waals surface area contributed by atoms with Gasteiger partial charge in [0.05, 0.1) is 11.4 Å². The molecule has 0 atom stereocenters. The second-order valence-electron chi connectivity index (χ2n) is 7.41. The molecule has 4 rings (SSSR count). The number of halogens is 4. The van der Waals surface area contributed by atoms with E-state index in [1.165, 1.54) is 11.0 Å². The molecule has 0 radical (unpaired) electrons. The summed E-state index contributed by atoms with van der Waals surface area (Å²) in [5.41, 5.74) is 1.05. The predicted molar refractivity (Wildman–Crippen MR) is 115 cm³/mol. The maximum atomic E-state index is 13.8. The zero-order valence-corrected chi connectivity index (χ0v) is 18.9. The average molecular weight is 507 g/mol. The van der Waals surface area contributed by atoms with Gasteiger partial charge < -0.3 is 4.90 Å². The van der Waals surface area contributed by atoms with Gasteiger partial charge in [-0.25, -0.2) is 9.50 Å². The Morgan fingerprint density at radius 1 is 1.16 bits per heavy atom. The molecular weight excluding hydrogens is 489 g/mol. The van der Waals surface area contributed by atoms with Gasteiger partial charge in [-0.15, -0.1) is 0 Å². The summed E-state index contributed by atoms with van der Waals surface area (Å²) in [5.74, 6) is -0.517. The van der Waals surface area contributed by atoms with E-state index in [1.54, 1.807) is 49.2 Å². The van der Waals surface area contributed by atoms with Crippen LogP contribution in [0.25, 0.3) is 16.9 Å². The minimum absolute atomic E-state index is 0.0629. The summed E-state index contributed by atoms with van der Waals surface area (Å²) in [6.07, 6.45) is -2.90. The first kappa shape index (κ1) is 22.0. The quantitative estimate of drug-likeness (QED) is 0.408. The van der Waals surface area contributed by atoms with Crippen molar-refractivity contribution >= 4 is 27.5 Å². The summed E-state index contributed by atoms with van der Waals surface area (Å²) in [6.45, 7) is 2.07. The highest BCUT2D eigenvalue weighted by Crippen LogP contribution is 2.32. The first-order chi connectivity index (χ1) is 15.0. The van der Waals surface area contributed by atoms with Gasteiger partial charge in [0.1, 0.15) is 0 Å². The molecule has 7 nitrogen and oxygen atoms in total. The number of aryl methyl sites for hydroxylation is 2. The van der Waals surface area contributed by atoms with Gasteiger partial charge in [-0.2, -0.15) is 23.4 Å². The zero-order valence-electron chi connectivity index (χ0n) is 17.4. The summed E-state index contributed by atoms with van der Waals surface area (Å²) in [6, 6.07) is 8.96. The van der Waals surface area contributed by atoms with E-state index in [4.69, 9.17) is 0 Å². The van der Waals surface area contributed by atoms with Crippen molar-refractivity contribution in [3.8, 4) is 11.3 Å². The van der Waals surface area contributed by atoms with Crippen LogP contribution in [0, 0.1) is 6.92 Å². The fraction of sp³-hybridized carbons (Fsp3) is 0.238. The Bertz CT molecular complexity index is 1310. The molecule has 0 aliphatic heterocycles. The van der Waals surface area contributed by atoms with Crippen molar-refractivity contribution < 1.29 is 18.0 Å². The lowest BCUT2D eigenvalue weighted by molar-refractivity contribution is -0.142. The third-order valence-electron chi connectivity index (χ3n) is 4.95. The number of alkyl halides is 3. The minimum atomic E-state index is -4.68. The number of benzene rings is 1. The lowest BCUT2D eigenvalue weighted by Gasteiger charge is -2.15. The molecule has 3 heterocycles. The molecule has 0 fully saturated rings. The third-order valence-corrected chi connectivity index (χ3v) is 5.47. The minimum Gasteiger partial charge on any atom is -0.336 e. The lowest BCUT2D eigenvalue weighted by atomic mass is 10.1. The molecule has 0 bridgehead atoms. The number of hydrogen-bond donors (Lipinski definition) is 0. The van der Waals surface area contributed by atoms with E-state index in [0.717, 1.165) is 21.8 Å². The molecule has 1 aromatic carbocycles. The molecule has 0 spiro atoms. The number of nitrogens with zero attached hydrogens (tertiary/aromatic N) is 6. The molecule has 3 aromatic heterocycles. The fourth-order valence-electron chi connectivity index (χ4n) is 3.38. The van der Waals surface area contributed by atoms with Gasteiger partial charge >= 0.3 is 6.18 Å². The molecule has 0 unspecified atom stereocenters. The Labute approximate surface area is 189 Å². The normalized spacial score (nSPS) is 11.8. The third kappa shape index (κ3) is 4.24. The molecule has 11 heteroatoms. The van der Waals surface area contributed by atoms with Crippen molar-refractivity contribution in [3.63, 3.8) is 0 Å². The van der Waals surface area contributed by atoms with Gasteiger partial charge in [0.15, 0.2) is 17.0 Å². The molecule has 4 aromatic rings. The van der Waals surface area contributed by atoms with E-state index in [2.05, 4.69) is 31.1 Å². The van der Waals surface area contributed by atoms with Crippen LogP contribution in [-0.4, -0.2) is 42.2 Å². The maximum absolute atomic E-state index is 13.8. The van der Waals surface area contributed by atoms with Crippen LogP contribution in [0.1, 0.15) is 27.4 Å². The molecule has 0 N–H and O–H groups in total. The summed E-state index contributed by atoms with van der Waals surface area (Å²) >= 11 is 3.30. The Hall–Kier alpha value is -3.21. The van der Waals surface area contributed by atoms with E-state index in [9.17, 15) is 18.0 Å². The molecule has 1 amide bonds. The number of carbonyl (C=O) groups excluding carboxylic acids is 1.